The minimum Gasteiger partial charge on any atom is -0.493 e. The van der Waals surface area contributed by atoms with Crippen LogP contribution in [0.25, 0.3) is 0 Å². The van der Waals surface area contributed by atoms with E-state index < -0.39 is 0 Å². The van der Waals surface area contributed by atoms with E-state index in [0.29, 0.717) is 24.8 Å². The normalized spacial score (nSPS) is 10.5. The van der Waals surface area contributed by atoms with E-state index in [0.717, 1.165) is 23.6 Å². The van der Waals surface area contributed by atoms with Crippen LogP contribution in [-0.4, -0.2) is 25.7 Å². The topological polar surface area (TPSA) is 59.6 Å². The first-order valence-corrected chi connectivity index (χ1v) is 10.6. The third kappa shape index (κ3) is 8.05. The highest BCUT2D eigenvalue weighted by Gasteiger charge is 2.05. The molecule has 2 N–H and O–H groups in total. The molecule has 1 amide bonds. The molecule has 162 valence electrons. The second kappa shape index (κ2) is 11.6. The molecular formula is C26H30N2O3. The lowest BCUT2D eigenvalue weighted by molar-refractivity contribution is -0.114. The molecule has 0 radical (unpaired) electrons. The molecule has 5 heteroatoms. The van der Waals surface area contributed by atoms with E-state index in [4.69, 9.17) is 9.47 Å². The predicted octanol–water partition coefficient (Wildman–Crippen LogP) is 5.39. The van der Waals surface area contributed by atoms with Crippen LogP contribution in [0.2, 0.25) is 0 Å². The lowest BCUT2D eigenvalue weighted by Gasteiger charge is -2.12. The van der Waals surface area contributed by atoms with Gasteiger partial charge in [-0.2, -0.15) is 0 Å². The Kier molecular flexibility index (Phi) is 8.35. The summed E-state index contributed by atoms with van der Waals surface area (Å²) in [5.74, 6) is 1.84. The average molecular weight is 419 g/mol. The van der Waals surface area contributed by atoms with E-state index in [1.165, 1.54) is 5.56 Å². The van der Waals surface area contributed by atoms with E-state index in [1.54, 1.807) is 0 Å². The smallest absolute Gasteiger partial charge is 0.243 e. The van der Waals surface area contributed by atoms with E-state index in [-0.39, 0.29) is 12.5 Å². The minimum absolute atomic E-state index is 0.128. The number of carbonyl (C=O) groups excluding carboxylic acids is 1. The van der Waals surface area contributed by atoms with Crippen molar-refractivity contribution in [3.8, 4) is 11.5 Å². The third-order valence-corrected chi connectivity index (χ3v) is 4.49. The molecule has 0 saturated carbocycles. The summed E-state index contributed by atoms with van der Waals surface area (Å²) < 4.78 is 11.6. The van der Waals surface area contributed by atoms with Crippen LogP contribution in [0.5, 0.6) is 11.5 Å². The van der Waals surface area contributed by atoms with Gasteiger partial charge in [-0.05, 0) is 35.7 Å². The van der Waals surface area contributed by atoms with Crippen molar-refractivity contribution in [3.05, 3.63) is 84.4 Å². The molecule has 0 aliphatic heterocycles. The molecule has 0 atom stereocenters. The minimum atomic E-state index is -0.128. The van der Waals surface area contributed by atoms with Crippen molar-refractivity contribution in [2.45, 2.75) is 20.3 Å². The standard InChI is InChI=1S/C26H30N2O3/c1-20(2)19-31-25-13-7-11-23(17-25)28-26(29)18-27-22-10-6-12-24(16-22)30-15-14-21-8-4-3-5-9-21/h3-13,16-17,20,27H,14-15,18-19H2,1-2H3,(H,28,29). The summed E-state index contributed by atoms with van der Waals surface area (Å²) in [7, 11) is 0. The zero-order valence-electron chi connectivity index (χ0n) is 18.1. The quantitative estimate of drug-likeness (QED) is 0.438. The van der Waals surface area contributed by atoms with Gasteiger partial charge >= 0.3 is 0 Å². The van der Waals surface area contributed by atoms with Crippen molar-refractivity contribution < 1.29 is 14.3 Å². The van der Waals surface area contributed by atoms with Gasteiger partial charge in [-0.25, -0.2) is 0 Å². The number of ether oxygens (including phenoxy) is 2. The summed E-state index contributed by atoms with van der Waals surface area (Å²) in [5.41, 5.74) is 2.79. The molecule has 0 heterocycles. The third-order valence-electron chi connectivity index (χ3n) is 4.49. The van der Waals surface area contributed by atoms with Crippen LogP contribution >= 0.6 is 0 Å². The van der Waals surface area contributed by atoms with Gasteiger partial charge in [0.2, 0.25) is 5.91 Å². The molecule has 0 saturated heterocycles. The molecule has 31 heavy (non-hydrogen) atoms. The zero-order chi connectivity index (χ0) is 21.9. The second-order valence-electron chi connectivity index (χ2n) is 7.75. The molecule has 0 bridgehead atoms. The fourth-order valence-electron chi connectivity index (χ4n) is 2.94. The number of hydrogen-bond acceptors (Lipinski definition) is 4. The Morgan fingerprint density at radius 2 is 1.52 bits per heavy atom. The highest BCUT2D eigenvalue weighted by molar-refractivity contribution is 5.93. The van der Waals surface area contributed by atoms with Gasteiger partial charge in [-0.15, -0.1) is 0 Å². The number of benzene rings is 3. The Morgan fingerprint density at radius 3 is 2.26 bits per heavy atom. The Bertz CT molecular complexity index is 958. The fraction of sp³-hybridized carbons (Fsp3) is 0.269. The van der Waals surface area contributed by atoms with Gasteiger partial charge in [0.25, 0.3) is 0 Å². The Balaban J connectivity index is 1.44. The molecule has 0 aliphatic rings. The van der Waals surface area contributed by atoms with Crippen molar-refractivity contribution in [2.24, 2.45) is 5.92 Å². The van der Waals surface area contributed by atoms with Gasteiger partial charge in [-0.1, -0.05) is 56.3 Å². The maximum Gasteiger partial charge on any atom is 0.243 e. The van der Waals surface area contributed by atoms with Gasteiger partial charge in [-0.3, -0.25) is 4.79 Å². The highest BCUT2D eigenvalue weighted by atomic mass is 16.5. The van der Waals surface area contributed by atoms with Crippen molar-refractivity contribution in [3.63, 3.8) is 0 Å². The van der Waals surface area contributed by atoms with Gasteiger partial charge in [0.15, 0.2) is 0 Å². The van der Waals surface area contributed by atoms with Crippen LogP contribution < -0.4 is 20.1 Å². The van der Waals surface area contributed by atoms with Gasteiger partial charge in [0.1, 0.15) is 11.5 Å². The summed E-state index contributed by atoms with van der Waals surface area (Å²) in [5, 5.41) is 6.04. The van der Waals surface area contributed by atoms with E-state index in [9.17, 15) is 4.79 Å². The molecule has 0 fully saturated rings. The largest absolute Gasteiger partial charge is 0.493 e. The van der Waals surface area contributed by atoms with E-state index in [2.05, 4.69) is 36.6 Å². The van der Waals surface area contributed by atoms with Crippen LogP contribution in [0.15, 0.2) is 78.9 Å². The first-order valence-electron chi connectivity index (χ1n) is 10.6. The van der Waals surface area contributed by atoms with Crippen LogP contribution in [0.3, 0.4) is 0 Å². The van der Waals surface area contributed by atoms with Crippen LogP contribution in [0, 0.1) is 5.92 Å². The molecule has 3 aromatic rings. The van der Waals surface area contributed by atoms with Crippen molar-refractivity contribution in [2.75, 3.05) is 30.4 Å². The maximum absolute atomic E-state index is 12.3. The van der Waals surface area contributed by atoms with Crippen molar-refractivity contribution in [1.82, 2.24) is 0 Å². The summed E-state index contributed by atoms with van der Waals surface area (Å²) in [6.45, 7) is 5.59. The molecule has 3 aromatic carbocycles. The monoisotopic (exact) mass is 418 g/mol. The number of anilines is 2. The molecule has 3 rings (SSSR count). The Labute approximate surface area is 184 Å². The number of carbonyl (C=O) groups is 1. The lowest BCUT2D eigenvalue weighted by Crippen LogP contribution is -2.21. The van der Waals surface area contributed by atoms with Crippen molar-refractivity contribution >= 4 is 17.3 Å². The first-order chi connectivity index (χ1) is 15.1. The molecule has 0 aliphatic carbocycles. The zero-order valence-corrected chi connectivity index (χ0v) is 18.1. The lowest BCUT2D eigenvalue weighted by atomic mass is 10.2. The van der Waals surface area contributed by atoms with Crippen molar-refractivity contribution in [1.29, 1.82) is 0 Å². The predicted molar refractivity (Wildman–Crippen MR) is 126 cm³/mol. The Hall–Kier alpha value is -3.47. The number of amides is 1. The van der Waals surface area contributed by atoms with Gasteiger partial charge < -0.3 is 20.1 Å². The average Bonchev–Trinajstić information content (AvgIpc) is 2.78. The van der Waals surface area contributed by atoms with E-state index in [1.807, 2.05) is 66.7 Å². The van der Waals surface area contributed by atoms with Crippen LogP contribution in [0.1, 0.15) is 19.4 Å². The van der Waals surface area contributed by atoms with Gasteiger partial charge in [0.05, 0.1) is 19.8 Å². The number of nitrogens with one attached hydrogen (secondary N) is 2. The molecule has 5 nitrogen and oxygen atoms in total. The highest BCUT2D eigenvalue weighted by Crippen LogP contribution is 2.19. The molecule has 0 spiro atoms. The summed E-state index contributed by atoms with van der Waals surface area (Å²) >= 11 is 0. The van der Waals surface area contributed by atoms with Gasteiger partial charge in [0, 0.05) is 29.9 Å². The summed E-state index contributed by atoms with van der Waals surface area (Å²) in [6, 6.07) is 25.3. The summed E-state index contributed by atoms with van der Waals surface area (Å²) in [6.07, 6.45) is 0.848. The van der Waals surface area contributed by atoms with E-state index >= 15 is 0 Å². The summed E-state index contributed by atoms with van der Waals surface area (Å²) in [4.78, 5) is 12.3. The number of rotatable bonds is 11. The Morgan fingerprint density at radius 1 is 0.839 bits per heavy atom. The second-order valence-corrected chi connectivity index (χ2v) is 7.75. The SMILES string of the molecule is CC(C)COc1cccc(NC(=O)CNc2cccc(OCCc3ccccc3)c2)c1. The molecule has 0 aromatic heterocycles. The molecule has 0 unspecified atom stereocenters. The fourth-order valence-corrected chi connectivity index (χ4v) is 2.94. The van der Waals surface area contributed by atoms with Crippen LogP contribution in [0.4, 0.5) is 11.4 Å². The first kappa shape index (κ1) is 22.2. The number of hydrogen-bond donors (Lipinski definition) is 2. The maximum atomic E-state index is 12.3. The molecular weight excluding hydrogens is 388 g/mol. The van der Waals surface area contributed by atoms with Crippen LogP contribution in [-0.2, 0) is 11.2 Å².